The number of aldehydes is 1. The third-order valence-electron chi connectivity index (χ3n) is 2.95. The van der Waals surface area contributed by atoms with Crippen molar-refractivity contribution in [1.82, 2.24) is 4.98 Å². The average Bonchev–Trinajstić information content (AvgIpc) is 2.74. The Morgan fingerprint density at radius 2 is 2.17 bits per heavy atom. The van der Waals surface area contributed by atoms with E-state index in [0.29, 0.717) is 0 Å². The summed E-state index contributed by atoms with van der Waals surface area (Å²) in [7, 11) is 2.00. The van der Waals surface area contributed by atoms with E-state index in [1.54, 1.807) is 11.3 Å². The van der Waals surface area contributed by atoms with Crippen LogP contribution < -0.4 is 4.90 Å². The summed E-state index contributed by atoms with van der Waals surface area (Å²) in [5, 5.41) is 0. The van der Waals surface area contributed by atoms with Crippen molar-refractivity contribution in [2.45, 2.75) is 20.4 Å². The van der Waals surface area contributed by atoms with E-state index in [0.717, 1.165) is 35.3 Å². The second-order valence-corrected chi connectivity index (χ2v) is 5.34. The number of carbonyl (C=O) groups is 1. The van der Waals surface area contributed by atoms with Gasteiger partial charge in [0.05, 0.1) is 17.7 Å². The fourth-order valence-corrected chi connectivity index (χ4v) is 2.72. The third kappa shape index (κ3) is 2.59. The Morgan fingerprint density at radius 3 is 2.78 bits per heavy atom. The van der Waals surface area contributed by atoms with Crippen molar-refractivity contribution >= 4 is 23.3 Å². The van der Waals surface area contributed by atoms with Gasteiger partial charge in [0.1, 0.15) is 0 Å². The molecule has 0 amide bonds. The standard InChI is InChI=1S/C14H16N2OS/c1-10-4-5-13(12(6-10)8-17)16(3)7-14-11(2)15-9-18-14/h4-6,8-9H,7H2,1-3H3. The molecule has 0 bridgehead atoms. The molecule has 0 unspecified atom stereocenters. The Balaban J connectivity index is 2.26. The van der Waals surface area contributed by atoms with E-state index in [4.69, 9.17) is 0 Å². The fourth-order valence-electron chi connectivity index (χ4n) is 1.89. The molecular weight excluding hydrogens is 244 g/mol. The number of nitrogens with zero attached hydrogens (tertiary/aromatic N) is 2. The molecular formula is C14H16N2OS. The smallest absolute Gasteiger partial charge is 0.152 e. The van der Waals surface area contributed by atoms with Crippen LogP contribution in [0.25, 0.3) is 0 Å². The molecule has 0 radical (unpaired) electrons. The van der Waals surface area contributed by atoms with Gasteiger partial charge >= 0.3 is 0 Å². The predicted octanol–water partition coefficient (Wildman–Crippen LogP) is 3.21. The molecule has 0 saturated carbocycles. The highest BCUT2D eigenvalue weighted by atomic mass is 32.1. The van der Waals surface area contributed by atoms with Crippen LogP contribution in [0.1, 0.15) is 26.5 Å². The summed E-state index contributed by atoms with van der Waals surface area (Å²) in [4.78, 5) is 18.7. The first-order chi connectivity index (χ1) is 8.61. The zero-order chi connectivity index (χ0) is 13.1. The Morgan fingerprint density at radius 1 is 1.39 bits per heavy atom. The quantitative estimate of drug-likeness (QED) is 0.791. The van der Waals surface area contributed by atoms with Crippen molar-refractivity contribution in [3.8, 4) is 0 Å². The Bertz CT molecular complexity index is 563. The minimum absolute atomic E-state index is 0.736. The van der Waals surface area contributed by atoms with Gasteiger partial charge < -0.3 is 4.90 Å². The zero-order valence-electron chi connectivity index (χ0n) is 10.8. The molecule has 0 aliphatic rings. The zero-order valence-corrected chi connectivity index (χ0v) is 11.6. The topological polar surface area (TPSA) is 33.2 Å². The molecule has 2 aromatic rings. The average molecular weight is 260 g/mol. The highest BCUT2D eigenvalue weighted by Crippen LogP contribution is 2.23. The van der Waals surface area contributed by atoms with E-state index >= 15 is 0 Å². The molecule has 0 N–H and O–H groups in total. The van der Waals surface area contributed by atoms with Gasteiger partial charge in [0.25, 0.3) is 0 Å². The second-order valence-electron chi connectivity index (χ2n) is 4.40. The van der Waals surface area contributed by atoms with E-state index in [1.165, 1.54) is 4.88 Å². The number of rotatable bonds is 4. The Labute approximate surface area is 111 Å². The van der Waals surface area contributed by atoms with E-state index in [9.17, 15) is 4.79 Å². The normalized spacial score (nSPS) is 10.4. The number of carbonyl (C=O) groups excluding carboxylic acids is 1. The number of hydrogen-bond acceptors (Lipinski definition) is 4. The molecule has 0 aliphatic carbocycles. The maximum atomic E-state index is 11.1. The van der Waals surface area contributed by atoms with Gasteiger partial charge in [-0.05, 0) is 26.0 Å². The van der Waals surface area contributed by atoms with Gasteiger partial charge in [-0.15, -0.1) is 11.3 Å². The monoisotopic (exact) mass is 260 g/mol. The van der Waals surface area contributed by atoms with Crippen LogP contribution in [0, 0.1) is 13.8 Å². The molecule has 94 valence electrons. The first kappa shape index (κ1) is 12.8. The summed E-state index contributed by atoms with van der Waals surface area (Å²) in [6.07, 6.45) is 0.915. The molecule has 1 aromatic heterocycles. The van der Waals surface area contributed by atoms with Crippen molar-refractivity contribution in [3.05, 3.63) is 45.4 Å². The highest BCUT2D eigenvalue weighted by Gasteiger charge is 2.10. The van der Waals surface area contributed by atoms with Crippen molar-refractivity contribution in [1.29, 1.82) is 0 Å². The minimum Gasteiger partial charge on any atom is -0.369 e. The summed E-state index contributed by atoms with van der Waals surface area (Å²) in [6, 6.07) is 5.94. The minimum atomic E-state index is 0.736. The van der Waals surface area contributed by atoms with Crippen LogP contribution in [0.4, 0.5) is 5.69 Å². The summed E-state index contributed by atoms with van der Waals surface area (Å²) >= 11 is 1.65. The summed E-state index contributed by atoms with van der Waals surface area (Å²) in [6.45, 7) is 4.78. The van der Waals surface area contributed by atoms with Gasteiger partial charge in [0.15, 0.2) is 6.29 Å². The summed E-state index contributed by atoms with van der Waals surface area (Å²) in [5.41, 5.74) is 5.71. The Hall–Kier alpha value is -1.68. The van der Waals surface area contributed by atoms with Crippen molar-refractivity contribution in [2.24, 2.45) is 0 Å². The first-order valence-electron chi connectivity index (χ1n) is 5.77. The van der Waals surface area contributed by atoms with Crippen LogP contribution in [0.2, 0.25) is 0 Å². The van der Waals surface area contributed by atoms with E-state index in [1.807, 2.05) is 44.6 Å². The van der Waals surface area contributed by atoms with Gasteiger partial charge in [-0.1, -0.05) is 11.6 Å². The summed E-state index contributed by atoms with van der Waals surface area (Å²) < 4.78 is 0. The molecule has 0 spiro atoms. The van der Waals surface area contributed by atoms with Crippen molar-refractivity contribution < 1.29 is 4.79 Å². The van der Waals surface area contributed by atoms with Crippen LogP contribution in [-0.2, 0) is 6.54 Å². The molecule has 4 heteroatoms. The highest BCUT2D eigenvalue weighted by molar-refractivity contribution is 7.09. The number of aryl methyl sites for hydroxylation is 2. The van der Waals surface area contributed by atoms with Crippen LogP contribution in [0.3, 0.4) is 0 Å². The van der Waals surface area contributed by atoms with Gasteiger partial charge in [0.2, 0.25) is 0 Å². The van der Waals surface area contributed by atoms with Crippen LogP contribution >= 0.6 is 11.3 Å². The maximum absolute atomic E-state index is 11.1. The predicted molar refractivity (Wildman–Crippen MR) is 75.5 cm³/mol. The first-order valence-corrected chi connectivity index (χ1v) is 6.65. The van der Waals surface area contributed by atoms with Crippen LogP contribution in [0.5, 0.6) is 0 Å². The fraction of sp³-hybridized carbons (Fsp3) is 0.286. The van der Waals surface area contributed by atoms with Gasteiger partial charge in [-0.3, -0.25) is 4.79 Å². The van der Waals surface area contributed by atoms with E-state index in [-0.39, 0.29) is 0 Å². The van der Waals surface area contributed by atoms with E-state index < -0.39 is 0 Å². The summed E-state index contributed by atoms with van der Waals surface area (Å²) in [5.74, 6) is 0. The molecule has 2 rings (SSSR count). The van der Waals surface area contributed by atoms with Crippen molar-refractivity contribution in [3.63, 3.8) is 0 Å². The SMILES string of the molecule is Cc1ccc(N(C)Cc2scnc2C)c(C=O)c1. The lowest BCUT2D eigenvalue weighted by Crippen LogP contribution is -2.17. The van der Waals surface area contributed by atoms with Crippen LogP contribution in [-0.4, -0.2) is 18.3 Å². The molecule has 18 heavy (non-hydrogen) atoms. The maximum Gasteiger partial charge on any atom is 0.152 e. The number of benzene rings is 1. The number of anilines is 1. The molecule has 0 atom stereocenters. The second kappa shape index (κ2) is 5.31. The molecule has 1 aromatic carbocycles. The van der Waals surface area contributed by atoms with Gasteiger partial charge in [-0.2, -0.15) is 0 Å². The third-order valence-corrected chi connectivity index (χ3v) is 3.87. The lowest BCUT2D eigenvalue weighted by Gasteiger charge is -2.20. The lowest BCUT2D eigenvalue weighted by molar-refractivity contribution is 0.112. The van der Waals surface area contributed by atoms with E-state index in [2.05, 4.69) is 9.88 Å². The Kier molecular flexibility index (Phi) is 3.77. The lowest BCUT2D eigenvalue weighted by atomic mass is 10.1. The molecule has 3 nitrogen and oxygen atoms in total. The molecule has 0 aliphatic heterocycles. The number of hydrogen-bond donors (Lipinski definition) is 0. The molecule has 0 saturated heterocycles. The van der Waals surface area contributed by atoms with Crippen molar-refractivity contribution in [2.75, 3.05) is 11.9 Å². The van der Waals surface area contributed by atoms with Gasteiger partial charge in [0, 0.05) is 23.2 Å². The molecule has 0 fully saturated rings. The number of thiazole rings is 1. The van der Waals surface area contributed by atoms with Crippen LogP contribution in [0.15, 0.2) is 23.7 Å². The number of aromatic nitrogens is 1. The molecule has 1 heterocycles. The van der Waals surface area contributed by atoms with Gasteiger partial charge in [-0.25, -0.2) is 4.98 Å². The largest absolute Gasteiger partial charge is 0.369 e.